The van der Waals surface area contributed by atoms with Crippen LogP contribution >= 0.6 is 0 Å². The Labute approximate surface area is 137 Å². The van der Waals surface area contributed by atoms with Gasteiger partial charge in [0.15, 0.2) is 11.4 Å². The molecule has 0 N–H and O–H groups in total. The molecular weight excluding hydrogens is 306 g/mol. The fourth-order valence-corrected chi connectivity index (χ4v) is 2.92. The van der Waals surface area contributed by atoms with Crippen molar-refractivity contribution in [3.8, 4) is 5.69 Å². The third kappa shape index (κ3) is 2.21. The largest absolute Gasteiger partial charge is 0.420 e. The minimum absolute atomic E-state index is 0.233. The van der Waals surface area contributed by atoms with E-state index in [1.807, 2.05) is 50.2 Å². The van der Waals surface area contributed by atoms with Crippen LogP contribution in [0.3, 0.4) is 0 Å². The number of oxazole rings is 1. The Kier molecular flexibility index (Phi) is 3.26. The van der Waals surface area contributed by atoms with E-state index in [9.17, 15) is 4.79 Å². The lowest BCUT2D eigenvalue weighted by atomic mass is 10.1. The SMILES string of the molecule is Cc1cccc(C)c1-n1nnnc1Cn1c(=O)oc2ccccc21. The van der Waals surface area contributed by atoms with Gasteiger partial charge in [0, 0.05) is 0 Å². The van der Waals surface area contributed by atoms with E-state index in [1.165, 1.54) is 4.57 Å². The second-order valence-electron chi connectivity index (χ2n) is 5.67. The Morgan fingerprint density at radius 3 is 2.58 bits per heavy atom. The highest BCUT2D eigenvalue weighted by molar-refractivity contribution is 5.72. The van der Waals surface area contributed by atoms with E-state index in [0.29, 0.717) is 11.4 Å². The number of benzene rings is 2. The predicted molar refractivity (Wildman–Crippen MR) is 88.2 cm³/mol. The molecule has 0 fully saturated rings. The number of rotatable bonds is 3. The molecule has 4 rings (SSSR count). The topological polar surface area (TPSA) is 78.7 Å². The number of fused-ring (bicyclic) bond motifs is 1. The first-order valence-electron chi connectivity index (χ1n) is 7.57. The first kappa shape index (κ1) is 14.4. The van der Waals surface area contributed by atoms with Crippen LogP contribution in [0.2, 0.25) is 0 Å². The van der Waals surface area contributed by atoms with Crippen LogP contribution in [-0.4, -0.2) is 24.8 Å². The summed E-state index contributed by atoms with van der Waals surface area (Å²) in [4.78, 5) is 12.2. The minimum atomic E-state index is -0.424. The first-order valence-corrected chi connectivity index (χ1v) is 7.57. The van der Waals surface area contributed by atoms with Crippen molar-refractivity contribution in [3.05, 3.63) is 70.0 Å². The number of hydrogen-bond donors (Lipinski definition) is 0. The molecule has 0 bridgehead atoms. The van der Waals surface area contributed by atoms with Crippen molar-refractivity contribution in [2.24, 2.45) is 0 Å². The van der Waals surface area contributed by atoms with Gasteiger partial charge in [-0.2, -0.15) is 4.68 Å². The third-order valence-electron chi connectivity index (χ3n) is 4.06. The molecule has 120 valence electrons. The monoisotopic (exact) mass is 321 g/mol. The highest BCUT2D eigenvalue weighted by Crippen LogP contribution is 2.19. The van der Waals surface area contributed by atoms with Crippen LogP contribution in [0.5, 0.6) is 0 Å². The number of hydrogen-bond acceptors (Lipinski definition) is 5. The van der Waals surface area contributed by atoms with Crippen LogP contribution in [0.1, 0.15) is 17.0 Å². The summed E-state index contributed by atoms with van der Waals surface area (Å²) < 4.78 is 8.48. The maximum Gasteiger partial charge on any atom is 0.420 e. The summed E-state index contributed by atoms with van der Waals surface area (Å²) >= 11 is 0. The van der Waals surface area contributed by atoms with Crippen molar-refractivity contribution < 1.29 is 4.42 Å². The summed E-state index contributed by atoms with van der Waals surface area (Å²) in [5.74, 6) is 0.147. The van der Waals surface area contributed by atoms with Gasteiger partial charge >= 0.3 is 5.76 Å². The van der Waals surface area contributed by atoms with E-state index in [4.69, 9.17) is 4.42 Å². The Balaban J connectivity index is 1.84. The van der Waals surface area contributed by atoms with Crippen molar-refractivity contribution in [1.82, 2.24) is 24.8 Å². The van der Waals surface area contributed by atoms with E-state index < -0.39 is 5.76 Å². The molecule has 24 heavy (non-hydrogen) atoms. The molecule has 2 aromatic heterocycles. The van der Waals surface area contributed by atoms with Crippen LogP contribution in [0.4, 0.5) is 0 Å². The van der Waals surface area contributed by atoms with Crippen molar-refractivity contribution in [1.29, 1.82) is 0 Å². The van der Waals surface area contributed by atoms with Crippen molar-refractivity contribution >= 4 is 11.1 Å². The molecule has 7 heteroatoms. The molecule has 0 aliphatic heterocycles. The maximum absolute atomic E-state index is 12.2. The molecule has 0 aliphatic carbocycles. The van der Waals surface area contributed by atoms with Gasteiger partial charge < -0.3 is 4.42 Å². The molecule has 2 heterocycles. The second kappa shape index (κ2) is 5.45. The number of aromatic nitrogens is 5. The molecule has 0 atom stereocenters. The molecule has 0 saturated carbocycles. The van der Waals surface area contributed by atoms with Gasteiger partial charge in [0.2, 0.25) is 0 Å². The van der Waals surface area contributed by atoms with Gasteiger partial charge in [-0.15, -0.1) is 5.10 Å². The molecule has 0 spiro atoms. The van der Waals surface area contributed by atoms with Gasteiger partial charge in [0.1, 0.15) is 0 Å². The van der Waals surface area contributed by atoms with Gasteiger partial charge in [-0.3, -0.25) is 4.57 Å². The summed E-state index contributed by atoms with van der Waals surface area (Å²) in [6.07, 6.45) is 0. The molecule has 7 nitrogen and oxygen atoms in total. The standard InChI is InChI=1S/C17H15N5O2/c1-11-6-5-7-12(2)16(11)22-15(18-19-20-22)10-21-13-8-3-4-9-14(13)24-17(21)23/h3-9H,10H2,1-2H3. The van der Waals surface area contributed by atoms with Gasteiger partial charge in [-0.25, -0.2) is 4.79 Å². The Morgan fingerprint density at radius 2 is 1.79 bits per heavy atom. The Hall–Kier alpha value is -3.22. The number of aryl methyl sites for hydroxylation is 2. The van der Waals surface area contributed by atoms with E-state index in [1.54, 1.807) is 10.7 Å². The summed E-state index contributed by atoms with van der Waals surface area (Å²) in [6, 6.07) is 13.3. The quantitative estimate of drug-likeness (QED) is 0.578. The zero-order valence-electron chi connectivity index (χ0n) is 13.3. The number of para-hydroxylation sites is 3. The first-order chi connectivity index (χ1) is 11.6. The molecule has 0 aliphatic rings. The average molecular weight is 321 g/mol. The van der Waals surface area contributed by atoms with E-state index in [0.717, 1.165) is 22.3 Å². The summed E-state index contributed by atoms with van der Waals surface area (Å²) in [6.45, 7) is 4.25. The minimum Gasteiger partial charge on any atom is -0.408 e. The molecule has 0 radical (unpaired) electrons. The van der Waals surface area contributed by atoms with Crippen LogP contribution in [-0.2, 0) is 6.54 Å². The molecule has 4 aromatic rings. The van der Waals surface area contributed by atoms with Crippen molar-refractivity contribution in [2.45, 2.75) is 20.4 Å². The van der Waals surface area contributed by atoms with E-state index >= 15 is 0 Å². The smallest absolute Gasteiger partial charge is 0.408 e. The van der Waals surface area contributed by atoms with Crippen LogP contribution in [0, 0.1) is 13.8 Å². The highest BCUT2D eigenvalue weighted by atomic mass is 16.4. The lowest BCUT2D eigenvalue weighted by Crippen LogP contribution is -2.18. The lowest BCUT2D eigenvalue weighted by Gasteiger charge is -2.11. The Bertz CT molecular complexity index is 1070. The summed E-state index contributed by atoms with van der Waals surface area (Å²) in [5, 5.41) is 12.0. The fourth-order valence-electron chi connectivity index (χ4n) is 2.92. The fraction of sp³-hybridized carbons (Fsp3) is 0.176. The van der Waals surface area contributed by atoms with Gasteiger partial charge in [0.05, 0.1) is 17.7 Å². The van der Waals surface area contributed by atoms with E-state index in [-0.39, 0.29) is 6.54 Å². The van der Waals surface area contributed by atoms with E-state index in [2.05, 4.69) is 15.5 Å². The molecule has 0 saturated heterocycles. The highest BCUT2D eigenvalue weighted by Gasteiger charge is 2.16. The third-order valence-corrected chi connectivity index (χ3v) is 4.06. The number of tetrazole rings is 1. The summed E-state index contributed by atoms with van der Waals surface area (Å²) in [5.41, 5.74) is 4.33. The zero-order valence-corrected chi connectivity index (χ0v) is 13.3. The summed E-state index contributed by atoms with van der Waals surface area (Å²) in [7, 11) is 0. The van der Waals surface area contributed by atoms with Crippen molar-refractivity contribution in [2.75, 3.05) is 0 Å². The predicted octanol–water partition coefficient (Wildman–Crippen LogP) is 2.24. The van der Waals surface area contributed by atoms with Crippen LogP contribution < -0.4 is 5.76 Å². The average Bonchev–Trinajstić information content (AvgIpc) is 3.13. The normalized spacial score (nSPS) is 11.2. The molecule has 0 amide bonds. The van der Waals surface area contributed by atoms with Crippen LogP contribution in [0.25, 0.3) is 16.8 Å². The Morgan fingerprint density at radius 1 is 1.04 bits per heavy atom. The lowest BCUT2D eigenvalue weighted by molar-refractivity contribution is 0.511. The zero-order chi connectivity index (χ0) is 16.7. The maximum atomic E-state index is 12.2. The van der Waals surface area contributed by atoms with Gasteiger partial charge in [0.25, 0.3) is 0 Å². The molecular formula is C17H15N5O2. The number of nitrogens with zero attached hydrogens (tertiary/aromatic N) is 5. The molecule has 0 unspecified atom stereocenters. The second-order valence-corrected chi connectivity index (χ2v) is 5.67. The van der Waals surface area contributed by atoms with Gasteiger partial charge in [-0.05, 0) is 47.5 Å². The van der Waals surface area contributed by atoms with Crippen LogP contribution in [0.15, 0.2) is 51.7 Å². The van der Waals surface area contributed by atoms with Crippen molar-refractivity contribution in [3.63, 3.8) is 0 Å². The molecule has 2 aromatic carbocycles. The van der Waals surface area contributed by atoms with Gasteiger partial charge in [-0.1, -0.05) is 30.3 Å².